The first-order valence-electron chi connectivity index (χ1n) is 7.08. The highest BCUT2D eigenvalue weighted by Crippen LogP contribution is 2.28. The summed E-state index contributed by atoms with van der Waals surface area (Å²) in [4.78, 5) is 0. The van der Waals surface area contributed by atoms with Crippen molar-refractivity contribution < 1.29 is 9.16 Å². The molecule has 0 amide bonds. The van der Waals surface area contributed by atoms with Crippen molar-refractivity contribution in [1.29, 1.82) is 0 Å². The summed E-state index contributed by atoms with van der Waals surface area (Å²) in [6.45, 7) is 3.23. The number of ether oxygens (including phenoxy) is 1. The molecule has 0 bridgehead atoms. The average Bonchev–Trinajstić information content (AvgIpc) is 2.81. The number of rotatable bonds is 5. The fraction of sp³-hybridized carbons (Fsp3) is 1.00. The lowest BCUT2D eigenvalue weighted by atomic mass is 9.86. The highest BCUT2D eigenvalue weighted by atomic mass is 28.2. The summed E-state index contributed by atoms with van der Waals surface area (Å²) in [5, 5.41) is 0. The van der Waals surface area contributed by atoms with Crippen molar-refractivity contribution in [3.8, 4) is 0 Å². The Hall–Kier alpha value is 0.137. The molecule has 1 heterocycles. The van der Waals surface area contributed by atoms with E-state index in [0.717, 1.165) is 12.5 Å². The van der Waals surface area contributed by atoms with Crippen LogP contribution in [0.5, 0.6) is 0 Å². The van der Waals surface area contributed by atoms with E-state index < -0.39 is 9.76 Å². The van der Waals surface area contributed by atoms with Crippen molar-refractivity contribution in [2.24, 2.45) is 5.92 Å². The standard InChI is InChI=1S/C13H26O2Si/c1-11(10-12-6-3-2-4-7-12)15-16-13-8-5-9-14-13/h11-13H,2-10,16H2,1H3. The van der Waals surface area contributed by atoms with E-state index in [4.69, 9.17) is 9.16 Å². The maximum Gasteiger partial charge on any atom is 0.190 e. The third-order valence-electron chi connectivity index (χ3n) is 3.98. The van der Waals surface area contributed by atoms with Crippen LogP contribution >= 0.6 is 0 Å². The average molecular weight is 242 g/mol. The Balaban J connectivity index is 1.57. The van der Waals surface area contributed by atoms with E-state index in [0.29, 0.717) is 11.8 Å². The van der Waals surface area contributed by atoms with E-state index in [1.807, 2.05) is 0 Å². The molecule has 1 aliphatic heterocycles. The molecule has 94 valence electrons. The van der Waals surface area contributed by atoms with Gasteiger partial charge < -0.3 is 9.16 Å². The van der Waals surface area contributed by atoms with Gasteiger partial charge in [0.25, 0.3) is 0 Å². The minimum absolute atomic E-state index is 0.428. The molecule has 1 saturated carbocycles. The Labute approximate surface area is 102 Å². The molecule has 2 unspecified atom stereocenters. The molecule has 0 N–H and O–H groups in total. The largest absolute Gasteiger partial charge is 0.419 e. The van der Waals surface area contributed by atoms with Crippen molar-refractivity contribution >= 4 is 9.76 Å². The monoisotopic (exact) mass is 242 g/mol. The highest BCUT2D eigenvalue weighted by molar-refractivity contribution is 6.29. The molecule has 2 nitrogen and oxygen atoms in total. The molecule has 2 rings (SSSR count). The van der Waals surface area contributed by atoms with Gasteiger partial charge in [0.1, 0.15) is 0 Å². The second kappa shape index (κ2) is 6.77. The number of hydrogen-bond donors (Lipinski definition) is 0. The molecule has 2 atom stereocenters. The van der Waals surface area contributed by atoms with Crippen LogP contribution in [-0.4, -0.2) is 28.2 Å². The summed E-state index contributed by atoms with van der Waals surface area (Å²) in [5.41, 5.74) is 0.522. The quantitative estimate of drug-likeness (QED) is 0.690. The molecule has 1 aliphatic carbocycles. The molecular formula is C13H26O2Si. The van der Waals surface area contributed by atoms with Crippen molar-refractivity contribution in [3.05, 3.63) is 0 Å². The van der Waals surface area contributed by atoms with Crippen molar-refractivity contribution in [3.63, 3.8) is 0 Å². The van der Waals surface area contributed by atoms with Crippen LogP contribution in [0.2, 0.25) is 0 Å². The minimum atomic E-state index is -0.428. The molecular weight excluding hydrogens is 216 g/mol. The van der Waals surface area contributed by atoms with Crippen molar-refractivity contribution in [2.45, 2.75) is 70.1 Å². The maximum atomic E-state index is 6.04. The molecule has 3 heteroatoms. The number of hydrogen-bond acceptors (Lipinski definition) is 2. The van der Waals surface area contributed by atoms with Gasteiger partial charge in [-0.25, -0.2) is 0 Å². The van der Waals surface area contributed by atoms with Crippen molar-refractivity contribution in [2.75, 3.05) is 6.61 Å². The Kier molecular flexibility index (Phi) is 5.33. The summed E-state index contributed by atoms with van der Waals surface area (Å²) >= 11 is 0. The lowest BCUT2D eigenvalue weighted by Crippen LogP contribution is -2.25. The predicted molar refractivity (Wildman–Crippen MR) is 69.3 cm³/mol. The van der Waals surface area contributed by atoms with Crippen LogP contribution in [-0.2, 0) is 9.16 Å². The van der Waals surface area contributed by atoms with E-state index in [1.165, 1.54) is 51.4 Å². The van der Waals surface area contributed by atoms with Gasteiger partial charge >= 0.3 is 0 Å². The fourth-order valence-electron chi connectivity index (χ4n) is 3.01. The molecule has 2 fully saturated rings. The summed E-state index contributed by atoms with van der Waals surface area (Å²) in [6.07, 6.45) is 11.5. The maximum absolute atomic E-state index is 6.04. The Morgan fingerprint density at radius 1 is 1.19 bits per heavy atom. The first kappa shape index (κ1) is 12.6. The summed E-state index contributed by atoms with van der Waals surface area (Å²) in [5.74, 6) is 0.947. The Bertz CT molecular complexity index is 186. The van der Waals surface area contributed by atoms with E-state index >= 15 is 0 Å². The molecule has 0 radical (unpaired) electrons. The van der Waals surface area contributed by atoms with Crippen LogP contribution < -0.4 is 0 Å². The van der Waals surface area contributed by atoms with Gasteiger partial charge in [0.05, 0.1) is 5.73 Å². The topological polar surface area (TPSA) is 18.5 Å². The van der Waals surface area contributed by atoms with E-state index in [-0.39, 0.29) is 0 Å². The Morgan fingerprint density at radius 2 is 2.00 bits per heavy atom. The lowest BCUT2D eigenvalue weighted by Gasteiger charge is -2.25. The van der Waals surface area contributed by atoms with Crippen molar-refractivity contribution in [1.82, 2.24) is 0 Å². The molecule has 0 spiro atoms. The van der Waals surface area contributed by atoms with E-state index in [9.17, 15) is 0 Å². The molecule has 16 heavy (non-hydrogen) atoms. The van der Waals surface area contributed by atoms with Crippen LogP contribution in [0.25, 0.3) is 0 Å². The Morgan fingerprint density at radius 3 is 2.69 bits per heavy atom. The SMILES string of the molecule is CC(CC1CCCCC1)O[SiH2]C1CCCO1. The summed E-state index contributed by atoms with van der Waals surface area (Å²) in [6, 6.07) is 0. The first-order valence-corrected chi connectivity index (χ1v) is 8.47. The zero-order chi connectivity index (χ0) is 11.2. The lowest BCUT2D eigenvalue weighted by molar-refractivity contribution is 0.124. The minimum Gasteiger partial charge on any atom is -0.419 e. The van der Waals surface area contributed by atoms with Gasteiger partial charge in [0.15, 0.2) is 9.76 Å². The fourth-order valence-corrected chi connectivity index (χ4v) is 4.41. The van der Waals surface area contributed by atoms with Gasteiger partial charge in [-0.3, -0.25) is 0 Å². The van der Waals surface area contributed by atoms with E-state index in [1.54, 1.807) is 0 Å². The second-order valence-corrected chi connectivity index (χ2v) is 7.10. The van der Waals surface area contributed by atoms with Gasteiger partial charge in [0.2, 0.25) is 0 Å². The third kappa shape index (κ3) is 4.19. The van der Waals surface area contributed by atoms with Gasteiger partial charge in [-0.2, -0.15) is 0 Å². The molecule has 1 saturated heterocycles. The smallest absolute Gasteiger partial charge is 0.190 e. The zero-order valence-corrected chi connectivity index (χ0v) is 12.0. The molecule has 0 aromatic carbocycles. The first-order chi connectivity index (χ1) is 7.84. The molecule has 2 aliphatic rings. The normalized spacial score (nSPS) is 30.2. The van der Waals surface area contributed by atoms with Gasteiger partial charge in [0, 0.05) is 12.7 Å². The summed E-state index contributed by atoms with van der Waals surface area (Å²) in [7, 11) is -0.428. The third-order valence-corrected chi connectivity index (χ3v) is 5.76. The predicted octanol–water partition coefficient (Wildman–Crippen LogP) is 2.58. The van der Waals surface area contributed by atoms with Gasteiger partial charge in [-0.1, -0.05) is 32.1 Å². The second-order valence-electron chi connectivity index (χ2n) is 5.52. The van der Waals surface area contributed by atoms with Gasteiger partial charge in [-0.05, 0) is 32.1 Å². The summed E-state index contributed by atoms with van der Waals surface area (Å²) < 4.78 is 11.7. The van der Waals surface area contributed by atoms with Crippen LogP contribution in [0.4, 0.5) is 0 Å². The highest BCUT2D eigenvalue weighted by Gasteiger charge is 2.20. The molecule has 0 aromatic heterocycles. The molecule has 0 aromatic rings. The van der Waals surface area contributed by atoms with Crippen LogP contribution in [0, 0.1) is 5.92 Å². The van der Waals surface area contributed by atoms with Crippen LogP contribution in [0.1, 0.15) is 58.3 Å². The van der Waals surface area contributed by atoms with Crippen LogP contribution in [0.15, 0.2) is 0 Å². The van der Waals surface area contributed by atoms with E-state index in [2.05, 4.69) is 6.92 Å². The van der Waals surface area contributed by atoms with Gasteiger partial charge in [-0.15, -0.1) is 0 Å². The van der Waals surface area contributed by atoms with Crippen LogP contribution in [0.3, 0.4) is 0 Å². The zero-order valence-electron chi connectivity index (χ0n) is 10.6.